The zero-order valence-corrected chi connectivity index (χ0v) is 72.6. The van der Waals surface area contributed by atoms with Crippen molar-refractivity contribution in [1.82, 2.24) is 0 Å². The lowest BCUT2D eigenvalue weighted by Gasteiger charge is -2.21. The Labute approximate surface area is 664 Å². The fourth-order valence-corrected chi connectivity index (χ4v) is 15.6. The quantitative estimate of drug-likeness (QED) is 0.0222. The highest BCUT2D eigenvalue weighted by molar-refractivity contribution is 7.47. The number of carbonyl (C=O) groups excluding carboxylic acids is 4. The van der Waals surface area contributed by atoms with Gasteiger partial charge >= 0.3 is 39.5 Å². The topological polar surface area (TPSA) is 237 Å². The van der Waals surface area contributed by atoms with Crippen molar-refractivity contribution in [3.05, 3.63) is 0 Å². The van der Waals surface area contributed by atoms with E-state index in [-0.39, 0.29) is 25.7 Å². The normalized spacial score (nSPS) is 13.7. The van der Waals surface area contributed by atoms with E-state index in [1.807, 2.05) is 0 Å². The van der Waals surface area contributed by atoms with E-state index in [1.54, 1.807) is 0 Å². The van der Waals surface area contributed by atoms with Crippen molar-refractivity contribution < 1.29 is 80.2 Å². The Morgan fingerprint density at radius 2 is 0.370 bits per heavy atom. The number of ether oxygens (including phenoxy) is 4. The second kappa shape index (κ2) is 83.0. The number of carbonyl (C=O) groups is 4. The van der Waals surface area contributed by atoms with Crippen LogP contribution in [0.1, 0.15) is 490 Å². The van der Waals surface area contributed by atoms with Gasteiger partial charge in [-0.1, -0.05) is 439 Å². The van der Waals surface area contributed by atoms with Gasteiger partial charge in [-0.15, -0.1) is 0 Å². The van der Waals surface area contributed by atoms with Crippen LogP contribution in [0.2, 0.25) is 0 Å². The second-order valence-corrected chi connectivity index (χ2v) is 34.9. The van der Waals surface area contributed by atoms with Crippen molar-refractivity contribution in [1.29, 1.82) is 0 Å². The number of rotatable bonds is 90. The lowest BCUT2D eigenvalue weighted by Crippen LogP contribution is -2.30. The zero-order valence-electron chi connectivity index (χ0n) is 70.8. The van der Waals surface area contributed by atoms with E-state index >= 15 is 0 Å². The van der Waals surface area contributed by atoms with Crippen LogP contribution in [0.4, 0.5) is 0 Å². The molecule has 5 atom stereocenters. The van der Waals surface area contributed by atoms with Gasteiger partial charge in [-0.3, -0.25) is 37.3 Å². The molecule has 0 saturated heterocycles. The number of esters is 4. The van der Waals surface area contributed by atoms with Crippen LogP contribution in [0.3, 0.4) is 0 Å². The van der Waals surface area contributed by atoms with Crippen molar-refractivity contribution >= 4 is 39.5 Å². The summed E-state index contributed by atoms with van der Waals surface area (Å²) in [6.45, 7) is 4.98. The molecule has 0 aliphatic heterocycles. The first-order valence-electron chi connectivity index (χ1n) is 46.3. The molecule has 0 aromatic rings. The molecule has 0 bridgehead atoms. The molecule has 642 valence electrons. The highest BCUT2D eigenvalue weighted by Crippen LogP contribution is 2.45. The highest BCUT2D eigenvalue weighted by Gasteiger charge is 2.30. The Hall–Kier alpha value is -1.94. The Kier molecular flexibility index (Phi) is 81.5. The summed E-state index contributed by atoms with van der Waals surface area (Å²) < 4.78 is 68.7. The SMILES string of the molecule is CCCCCCCCCCCCCCCCCCCCCCCCC(=O)O[C@H](COC(=O)CCCCCCCCCCCCCCCCCCCCCCC)COP(=O)(O)OC[C@@H](O)COP(=O)(O)OC[C@@H](COC(=O)CCCCCCC)OC(=O)CCCCCCCCCCCCCCCCCCCCCC. The van der Waals surface area contributed by atoms with E-state index in [2.05, 4.69) is 27.7 Å². The van der Waals surface area contributed by atoms with Crippen LogP contribution < -0.4 is 0 Å². The average Bonchev–Trinajstić information content (AvgIpc) is 0.899. The number of unbranched alkanes of at least 4 members (excludes halogenated alkanes) is 64. The van der Waals surface area contributed by atoms with E-state index in [1.165, 1.54) is 315 Å². The van der Waals surface area contributed by atoms with E-state index in [0.717, 1.165) is 96.3 Å². The van der Waals surface area contributed by atoms with Gasteiger partial charge in [-0.2, -0.15) is 0 Å². The van der Waals surface area contributed by atoms with Crippen molar-refractivity contribution in [2.45, 2.75) is 508 Å². The Morgan fingerprint density at radius 3 is 0.546 bits per heavy atom. The van der Waals surface area contributed by atoms with Gasteiger partial charge in [0, 0.05) is 25.7 Å². The first kappa shape index (κ1) is 106. The maximum atomic E-state index is 13.1. The summed E-state index contributed by atoms with van der Waals surface area (Å²) in [5.74, 6) is -2.11. The molecule has 0 aliphatic carbocycles. The van der Waals surface area contributed by atoms with Gasteiger partial charge in [0.2, 0.25) is 0 Å². The van der Waals surface area contributed by atoms with Gasteiger partial charge in [-0.25, -0.2) is 9.13 Å². The third kappa shape index (κ3) is 82.1. The van der Waals surface area contributed by atoms with Crippen molar-refractivity contribution in [3.63, 3.8) is 0 Å². The minimum atomic E-state index is -4.96. The molecule has 0 amide bonds. The monoisotopic (exact) mass is 1580 g/mol. The van der Waals surface area contributed by atoms with Crippen LogP contribution in [0, 0.1) is 0 Å². The second-order valence-electron chi connectivity index (χ2n) is 32.0. The maximum absolute atomic E-state index is 13.1. The molecule has 0 radical (unpaired) electrons. The van der Waals surface area contributed by atoms with E-state index < -0.39 is 97.5 Å². The maximum Gasteiger partial charge on any atom is 0.472 e. The molecule has 19 heteroatoms. The van der Waals surface area contributed by atoms with E-state index in [9.17, 15) is 43.2 Å². The van der Waals surface area contributed by atoms with Crippen LogP contribution in [-0.4, -0.2) is 96.7 Å². The molecule has 0 saturated carbocycles. The summed E-state index contributed by atoms with van der Waals surface area (Å²) in [5, 5.41) is 10.7. The number of aliphatic hydroxyl groups is 1. The van der Waals surface area contributed by atoms with Gasteiger partial charge in [-0.05, 0) is 25.7 Å². The Balaban J connectivity index is 5.07. The van der Waals surface area contributed by atoms with Gasteiger partial charge in [0.05, 0.1) is 26.4 Å². The molecule has 0 heterocycles. The van der Waals surface area contributed by atoms with Gasteiger partial charge < -0.3 is 33.8 Å². The van der Waals surface area contributed by atoms with Crippen LogP contribution >= 0.6 is 15.6 Å². The lowest BCUT2D eigenvalue weighted by molar-refractivity contribution is -0.161. The summed E-state index contributed by atoms with van der Waals surface area (Å²) in [6.07, 6.45) is 80.0. The summed E-state index contributed by atoms with van der Waals surface area (Å²) >= 11 is 0. The van der Waals surface area contributed by atoms with Crippen LogP contribution in [0.15, 0.2) is 0 Å². The number of aliphatic hydroxyl groups excluding tert-OH is 1. The molecular weight excluding hydrogens is 1400 g/mol. The number of hydrogen-bond donors (Lipinski definition) is 3. The first-order chi connectivity index (χ1) is 52.7. The molecule has 3 N–H and O–H groups in total. The van der Waals surface area contributed by atoms with Crippen molar-refractivity contribution in [2.75, 3.05) is 39.6 Å². The fourth-order valence-electron chi connectivity index (χ4n) is 14.1. The summed E-state index contributed by atoms with van der Waals surface area (Å²) in [5.41, 5.74) is 0. The predicted molar refractivity (Wildman–Crippen MR) is 446 cm³/mol. The highest BCUT2D eigenvalue weighted by atomic mass is 31.2. The molecule has 0 fully saturated rings. The van der Waals surface area contributed by atoms with Crippen molar-refractivity contribution in [2.24, 2.45) is 0 Å². The van der Waals surface area contributed by atoms with Crippen LogP contribution in [0.25, 0.3) is 0 Å². The molecule has 0 aliphatic rings. The molecule has 0 aromatic heterocycles. The number of phosphoric acid groups is 2. The zero-order chi connectivity index (χ0) is 78.9. The smallest absolute Gasteiger partial charge is 0.462 e. The minimum absolute atomic E-state index is 0.109. The summed E-state index contributed by atoms with van der Waals surface area (Å²) in [6, 6.07) is 0. The van der Waals surface area contributed by atoms with Crippen molar-refractivity contribution in [3.8, 4) is 0 Å². The van der Waals surface area contributed by atoms with Gasteiger partial charge in [0.25, 0.3) is 0 Å². The fraction of sp³-hybridized carbons (Fsp3) is 0.955. The molecular formula is C89H174O17P2. The molecule has 0 spiro atoms. The number of hydrogen-bond acceptors (Lipinski definition) is 15. The molecule has 0 rings (SSSR count). The van der Waals surface area contributed by atoms with Crippen LogP contribution in [-0.2, 0) is 65.4 Å². The molecule has 108 heavy (non-hydrogen) atoms. The van der Waals surface area contributed by atoms with Gasteiger partial charge in [0.1, 0.15) is 19.3 Å². The molecule has 17 nitrogen and oxygen atoms in total. The standard InChI is InChI=1S/C89H174O17P2/c1-5-9-13-17-20-23-26-29-32-35-38-41-43-46-49-52-55-58-61-64-68-72-76-89(94)106-85(80-100-87(92)74-70-66-62-59-56-53-50-47-45-42-39-36-33-30-27-24-21-18-14-10-6-2)82-104-108(97,98)102-78-83(90)77-101-107(95,96)103-81-84(79-99-86(91)73-69-65-16-12-8-4)105-88(93)75-71-67-63-60-57-54-51-48-44-40-37-34-31-28-25-22-19-15-11-7-3/h83-85,90H,5-82H2,1-4H3,(H,95,96)(H,97,98)/t83-,84+,85+/m0/s1. The molecule has 0 aromatic carbocycles. The first-order valence-corrected chi connectivity index (χ1v) is 49.3. The Bertz CT molecular complexity index is 2030. The third-order valence-corrected chi connectivity index (χ3v) is 23.0. The minimum Gasteiger partial charge on any atom is -0.462 e. The largest absolute Gasteiger partial charge is 0.472 e. The number of phosphoric ester groups is 2. The van der Waals surface area contributed by atoms with Crippen LogP contribution in [0.5, 0.6) is 0 Å². The van der Waals surface area contributed by atoms with Gasteiger partial charge in [0.15, 0.2) is 12.2 Å². The molecule has 2 unspecified atom stereocenters. The predicted octanol–water partition coefficient (Wildman–Crippen LogP) is 27.7. The summed E-state index contributed by atoms with van der Waals surface area (Å²) in [7, 11) is -9.92. The summed E-state index contributed by atoms with van der Waals surface area (Å²) in [4.78, 5) is 73.0. The Morgan fingerprint density at radius 1 is 0.222 bits per heavy atom. The third-order valence-electron chi connectivity index (χ3n) is 21.1. The van der Waals surface area contributed by atoms with E-state index in [4.69, 9.17) is 37.0 Å². The van der Waals surface area contributed by atoms with E-state index in [0.29, 0.717) is 25.7 Å². The lowest BCUT2D eigenvalue weighted by atomic mass is 10.0. The average molecular weight is 1580 g/mol.